The molecule has 2 N–H and O–H groups in total. The lowest BCUT2D eigenvalue weighted by Gasteiger charge is -2.12. The van der Waals surface area contributed by atoms with Crippen LogP contribution in [-0.2, 0) is 6.54 Å². The molecule has 3 heteroatoms. The zero-order chi connectivity index (χ0) is 13.8. The van der Waals surface area contributed by atoms with Crippen molar-refractivity contribution in [2.75, 3.05) is 5.32 Å². The first-order chi connectivity index (χ1) is 9.08. The number of benzene rings is 2. The molecule has 0 fully saturated rings. The Hall–Kier alpha value is -2.29. The SMILES string of the molecule is Cc1ccc(C(=O)O)c(NCc2ccccc2C)c1. The number of aromatic carboxylic acids is 1. The van der Waals surface area contributed by atoms with E-state index in [0.717, 1.165) is 5.56 Å². The van der Waals surface area contributed by atoms with Gasteiger partial charge in [0.25, 0.3) is 0 Å². The van der Waals surface area contributed by atoms with Gasteiger partial charge in [-0.05, 0) is 42.7 Å². The van der Waals surface area contributed by atoms with Gasteiger partial charge >= 0.3 is 5.97 Å². The van der Waals surface area contributed by atoms with E-state index < -0.39 is 5.97 Å². The molecule has 19 heavy (non-hydrogen) atoms. The molecule has 2 rings (SSSR count). The highest BCUT2D eigenvalue weighted by Crippen LogP contribution is 2.19. The number of carbonyl (C=O) groups is 1. The van der Waals surface area contributed by atoms with Gasteiger partial charge in [0.2, 0.25) is 0 Å². The molecule has 0 aliphatic rings. The third-order valence-electron chi connectivity index (χ3n) is 3.14. The van der Waals surface area contributed by atoms with Crippen LogP contribution in [0.15, 0.2) is 42.5 Å². The Bertz CT molecular complexity index is 605. The monoisotopic (exact) mass is 255 g/mol. The molecule has 2 aromatic carbocycles. The molecule has 0 saturated heterocycles. The largest absolute Gasteiger partial charge is 0.478 e. The third kappa shape index (κ3) is 3.13. The number of rotatable bonds is 4. The second-order valence-electron chi connectivity index (χ2n) is 4.63. The molecule has 98 valence electrons. The highest BCUT2D eigenvalue weighted by molar-refractivity contribution is 5.94. The molecule has 2 aromatic rings. The summed E-state index contributed by atoms with van der Waals surface area (Å²) < 4.78 is 0. The molecule has 0 aliphatic heterocycles. The zero-order valence-electron chi connectivity index (χ0n) is 11.1. The number of anilines is 1. The van der Waals surface area contributed by atoms with Crippen LogP contribution in [0.3, 0.4) is 0 Å². The van der Waals surface area contributed by atoms with Gasteiger partial charge in [-0.15, -0.1) is 0 Å². The van der Waals surface area contributed by atoms with Crippen LogP contribution in [0.2, 0.25) is 0 Å². The van der Waals surface area contributed by atoms with Gasteiger partial charge in [-0.25, -0.2) is 4.79 Å². The van der Waals surface area contributed by atoms with E-state index in [1.54, 1.807) is 6.07 Å². The molecule has 0 bridgehead atoms. The topological polar surface area (TPSA) is 49.3 Å². The van der Waals surface area contributed by atoms with E-state index in [0.29, 0.717) is 17.8 Å². The van der Waals surface area contributed by atoms with Crippen molar-refractivity contribution in [2.45, 2.75) is 20.4 Å². The summed E-state index contributed by atoms with van der Waals surface area (Å²) in [7, 11) is 0. The zero-order valence-corrected chi connectivity index (χ0v) is 11.1. The maximum Gasteiger partial charge on any atom is 0.337 e. The molecule has 0 aromatic heterocycles. The van der Waals surface area contributed by atoms with Crippen molar-refractivity contribution in [1.82, 2.24) is 0 Å². The fourth-order valence-corrected chi connectivity index (χ4v) is 1.99. The quantitative estimate of drug-likeness (QED) is 0.877. The van der Waals surface area contributed by atoms with Gasteiger partial charge in [0.15, 0.2) is 0 Å². The van der Waals surface area contributed by atoms with Crippen molar-refractivity contribution < 1.29 is 9.90 Å². The van der Waals surface area contributed by atoms with E-state index >= 15 is 0 Å². The van der Waals surface area contributed by atoms with Crippen molar-refractivity contribution in [3.63, 3.8) is 0 Å². The minimum atomic E-state index is -0.910. The molecule has 0 aliphatic carbocycles. The number of hydrogen-bond donors (Lipinski definition) is 2. The molecule has 0 saturated carbocycles. The average Bonchev–Trinajstić information content (AvgIpc) is 2.37. The summed E-state index contributed by atoms with van der Waals surface area (Å²) in [5.74, 6) is -0.910. The lowest BCUT2D eigenvalue weighted by atomic mass is 10.1. The van der Waals surface area contributed by atoms with Crippen molar-refractivity contribution in [1.29, 1.82) is 0 Å². The summed E-state index contributed by atoms with van der Waals surface area (Å²) in [6, 6.07) is 13.4. The average molecular weight is 255 g/mol. The summed E-state index contributed by atoms with van der Waals surface area (Å²) in [6.45, 7) is 4.62. The molecule has 0 radical (unpaired) electrons. The van der Waals surface area contributed by atoms with Gasteiger partial charge in [-0.2, -0.15) is 0 Å². The predicted octanol–water partition coefficient (Wildman–Crippen LogP) is 3.61. The highest BCUT2D eigenvalue weighted by atomic mass is 16.4. The van der Waals surface area contributed by atoms with Gasteiger partial charge < -0.3 is 10.4 Å². The fourth-order valence-electron chi connectivity index (χ4n) is 1.99. The molecule has 0 unspecified atom stereocenters. The van der Waals surface area contributed by atoms with E-state index in [9.17, 15) is 4.79 Å². The summed E-state index contributed by atoms with van der Waals surface area (Å²) in [6.07, 6.45) is 0. The van der Waals surface area contributed by atoms with E-state index in [1.807, 2.05) is 50.2 Å². The van der Waals surface area contributed by atoms with Crippen LogP contribution in [0, 0.1) is 13.8 Å². The van der Waals surface area contributed by atoms with Crippen molar-refractivity contribution >= 4 is 11.7 Å². The molecular formula is C16H17NO2. The number of hydrogen-bond acceptors (Lipinski definition) is 2. The number of aryl methyl sites for hydroxylation is 2. The number of carboxylic acids is 1. The first kappa shape index (κ1) is 13.1. The Morgan fingerprint density at radius 3 is 2.58 bits per heavy atom. The summed E-state index contributed by atoms with van der Waals surface area (Å²) in [5.41, 5.74) is 4.37. The van der Waals surface area contributed by atoms with Crippen LogP contribution in [-0.4, -0.2) is 11.1 Å². The van der Waals surface area contributed by atoms with Gasteiger partial charge in [0.1, 0.15) is 0 Å². The van der Waals surface area contributed by atoms with Crippen LogP contribution >= 0.6 is 0 Å². The van der Waals surface area contributed by atoms with Crippen LogP contribution in [0.5, 0.6) is 0 Å². The highest BCUT2D eigenvalue weighted by Gasteiger charge is 2.09. The Morgan fingerprint density at radius 1 is 1.16 bits per heavy atom. The van der Waals surface area contributed by atoms with E-state index in [2.05, 4.69) is 5.32 Å². The molecular weight excluding hydrogens is 238 g/mol. The number of nitrogens with one attached hydrogen (secondary N) is 1. The summed E-state index contributed by atoms with van der Waals surface area (Å²) in [4.78, 5) is 11.2. The smallest absolute Gasteiger partial charge is 0.337 e. The lowest BCUT2D eigenvalue weighted by molar-refractivity contribution is 0.0698. The van der Waals surface area contributed by atoms with Crippen molar-refractivity contribution in [3.05, 3.63) is 64.7 Å². The van der Waals surface area contributed by atoms with Crippen LogP contribution < -0.4 is 5.32 Å². The second kappa shape index (κ2) is 5.57. The minimum Gasteiger partial charge on any atom is -0.478 e. The lowest BCUT2D eigenvalue weighted by Crippen LogP contribution is -2.07. The first-order valence-corrected chi connectivity index (χ1v) is 6.20. The van der Waals surface area contributed by atoms with Gasteiger partial charge in [0, 0.05) is 12.2 Å². The van der Waals surface area contributed by atoms with E-state index in [-0.39, 0.29) is 0 Å². The standard InChI is InChI=1S/C16H17NO2/c1-11-7-8-14(16(18)19)15(9-11)17-10-13-6-4-3-5-12(13)2/h3-9,17H,10H2,1-2H3,(H,18,19). The molecule has 0 heterocycles. The summed E-state index contributed by atoms with van der Waals surface area (Å²) >= 11 is 0. The normalized spacial score (nSPS) is 10.2. The maximum atomic E-state index is 11.2. The molecule has 0 spiro atoms. The van der Waals surface area contributed by atoms with Gasteiger partial charge in [-0.3, -0.25) is 0 Å². The molecule has 0 amide bonds. The second-order valence-corrected chi connectivity index (χ2v) is 4.63. The Morgan fingerprint density at radius 2 is 1.89 bits per heavy atom. The van der Waals surface area contributed by atoms with Crippen molar-refractivity contribution in [3.8, 4) is 0 Å². The summed E-state index contributed by atoms with van der Waals surface area (Å²) in [5, 5.41) is 12.4. The third-order valence-corrected chi connectivity index (χ3v) is 3.14. The van der Waals surface area contributed by atoms with Crippen LogP contribution in [0.4, 0.5) is 5.69 Å². The fraction of sp³-hybridized carbons (Fsp3) is 0.188. The van der Waals surface area contributed by atoms with Crippen molar-refractivity contribution in [2.24, 2.45) is 0 Å². The predicted molar refractivity (Wildman–Crippen MR) is 76.6 cm³/mol. The molecule has 3 nitrogen and oxygen atoms in total. The minimum absolute atomic E-state index is 0.305. The number of carboxylic acid groups (broad SMARTS) is 1. The first-order valence-electron chi connectivity index (χ1n) is 6.20. The van der Waals surface area contributed by atoms with Gasteiger partial charge in [-0.1, -0.05) is 30.3 Å². The Kier molecular flexibility index (Phi) is 3.85. The van der Waals surface area contributed by atoms with E-state index in [4.69, 9.17) is 5.11 Å². The maximum absolute atomic E-state index is 11.2. The van der Waals surface area contributed by atoms with Crippen LogP contribution in [0.25, 0.3) is 0 Å². The molecule has 0 atom stereocenters. The Balaban J connectivity index is 2.22. The van der Waals surface area contributed by atoms with Crippen LogP contribution in [0.1, 0.15) is 27.0 Å². The van der Waals surface area contributed by atoms with Gasteiger partial charge in [0.05, 0.1) is 5.56 Å². The van der Waals surface area contributed by atoms with E-state index in [1.165, 1.54) is 11.1 Å². The Labute approximate surface area is 112 Å².